The number of hydrogen-bond acceptors (Lipinski definition) is 6. The zero-order valence-electron chi connectivity index (χ0n) is 20.8. The number of anilines is 2. The molecule has 0 spiro atoms. The van der Waals surface area contributed by atoms with Crippen molar-refractivity contribution in [2.24, 2.45) is 5.41 Å². The average molecular weight is 503 g/mol. The molecule has 2 amide bonds. The van der Waals surface area contributed by atoms with Gasteiger partial charge in [-0.15, -0.1) is 11.3 Å². The fourth-order valence-electron chi connectivity index (χ4n) is 3.57. The van der Waals surface area contributed by atoms with Crippen LogP contribution >= 0.6 is 11.3 Å². The van der Waals surface area contributed by atoms with E-state index in [2.05, 4.69) is 61.3 Å². The number of imidazole rings is 1. The van der Waals surface area contributed by atoms with Gasteiger partial charge in [0.15, 0.2) is 0 Å². The van der Waals surface area contributed by atoms with Crippen molar-refractivity contribution in [1.29, 1.82) is 0 Å². The van der Waals surface area contributed by atoms with Gasteiger partial charge in [0.1, 0.15) is 4.88 Å². The molecule has 0 aliphatic heterocycles. The molecular formula is C27H30N6O2S. The SMILES string of the molecule is C=CC(=O)Nc1cccc(-n2c(NC(=O)c3cncs3)nc3cc(CN[C@@H](C)C(C)(C)C)ccc32)c1. The smallest absolute Gasteiger partial charge is 0.269 e. The molecule has 0 unspecified atom stereocenters. The van der Waals surface area contributed by atoms with E-state index in [1.807, 2.05) is 34.9 Å². The highest BCUT2D eigenvalue weighted by Gasteiger charge is 2.20. The van der Waals surface area contributed by atoms with Gasteiger partial charge >= 0.3 is 0 Å². The summed E-state index contributed by atoms with van der Waals surface area (Å²) in [6.07, 6.45) is 2.74. The quantitative estimate of drug-likeness (QED) is 0.281. The Hall–Kier alpha value is -3.82. The first-order valence-electron chi connectivity index (χ1n) is 11.6. The second-order valence-corrected chi connectivity index (χ2v) is 10.5. The van der Waals surface area contributed by atoms with Gasteiger partial charge in [0.05, 0.1) is 28.4 Å². The van der Waals surface area contributed by atoms with Gasteiger partial charge in [-0.25, -0.2) is 4.98 Å². The molecule has 9 heteroatoms. The maximum Gasteiger partial charge on any atom is 0.269 e. The fraction of sp³-hybridized carbons (Fsp3) is 0.259. The average Bonchev–Trinajstić information content (AvgIpc) is 3.49. The maximum absolute atomic E-state index is 12.9. The molecule has 4 aromatic rings. The lowest BCUT2D eigenvalue weighted by atomic mass is 9.88. The fourth-order valence-corrected chi connectivity index (χ4v) is 4.08. The Morgan fingerprint density at radius 1 is 1.17 bits per heavy atom. The predicted octanol–water partition coefficient (Wildman–Crippen LogP) is 5.38. The lowest BCUT2D eigenvalue weighted by molar-refractivity contribution is -0.111. The summed E-state index contributed by atoms with van der Waals surface area (Å²) in [6.45, 7) is 13.0. The van der Waals surface area contributed by atoms with Crippen LogP contribution < -0.4 is 16.0 Å². The van der Waals surface area contributed by atoms with Crippen LogP contribution in [0.2, 0.25) is 0 Å². The number of amides is 2. The van der Waals surface area contributed by atoms with Crippen molar-refractivity contribution in [1.82, 2.24) is 19.9 Å². The molecule has 0 bridgehead atoms. The normalized spacial score (nSPS) is 12.3. The molecule has 2 heterocycles. The molecule has 0 aliphatic carbocycles. The van der Waals surface area contributed by atoms with Crippen LogP contribution in [0, 0.1) is 5.41 Å². The summed E-state index contributed by atoms with van der Waals surface area (Å²) in [5, 5.41) is 9.29. The minimum absolute atomic E-state index is 0.145. The molecule has 0 aliphatic rings. The summed E-state index contributed by atoms with van der Waals surface area (Å²) >= 11 is 1.26. The number of carbonyl (C=O) groups is 2. The van der Waals surface area contributed by atoms with Crippen LogP contribution in [0.1, 0.15) is 42.9 Å². The van der Waals surface area contributed by atoms with Crippen molar-refractivity contribution in [3.63, 3.8) is 0 Å². The largest absolute Gasteiger partial charge is 0.322 e. The number of hydrogen-bond donors (Lipinski definition) is 3. The van der Waals surface area contributed by atoms with E-state index in [1.54, 1.807) is 11.6 Å². The first kappa shape index (κ1) is 25.3. The van der Waals surface area contributed by atoms with E-state index in [9.17, 15) is 9.59 Å². The lowest BCUT2D eigenvalue weighted by Crippen LogP contribution is -2.37. The third kappa shape index (κ3) is 5.69. The van der Waals surface area contributed by atoms with Crippen molar-refractivity contribution in [2.75, 3.05) is 10.6 Å². The molecule has 8 nitrogen and oxygen atoms in total. The third-order valence-corrected chi connectivity index (χ3v) is 6.84. The zero-order chi connectivity index (χ0) is 25.9. The van der Waals surface area contributed by atoms with Crippen LogP contribution in [0.3, 0.4) is 0 Å². The van der Waals surface area contributed by atoms with Gasteiger partial charge in [-0.1, -0.05) is 39.5 Å². The van der Waals surface area contributed by atoms with Crippen molar-refractivity contribution in [3.05, 3.63) is 77.3 Å². The van der Waals surface area contributed by atoms with E-state index in [-0.39, 0.29) is 17.2 Å². The topological polar surface area (TPSA) is 101 Å². The van der Waals surface area contributed by atoms with Crippen molar-refractivity contribution in [3.8, 4) is 5.69 Å². The van der Waals surface area contributed by atoms with Crippen LogP contribution in [-0.2, 0) is 11.3 Å². The highest BCUT2D eigenvalue weighted by molar-refractivity contribution is 7.11. The molecule has 2 aromatic heterocycles. The van der Waals surface area contributed by atoms with Gasteiger partial charge in [-0.05, 0) is 54.3 Å². The van der Waals surface area contributed by atoms with Crippen molar-refractivity contribution in [2.45, 2.75) is 40.3 Å². The summed E-state index contributed by atoms with van der Waals surface area (Å²) < 4.78 is 1.87. The summed E-state index contributed by atoms with van der Waals surface area (Å²) in [6, 6.07) is 13.8. The van der Waals surface area contributed by atoms with E-state index in [4.69, 9.17) is 4.98 Å². The lowest BCUT2D eigenvalue weighted by Gasteiger charge is -2.28. The first-order valence-corrected chi connectivity index (χ1v) is 12.5. The van der Waals surface area contributed by atoms with E-state index in [1.165, 1.54) is 23.6 Å². The van der Waals surface area contributed by atoms with Gasteiger partial charge in [-0.2, -0.15) is 0 Å². The molecule has 0 radical (unpaired) electrons. The van der Waals surface area contributed by atoms with Crippen LogP contribution in [-0.4, -0.2) is 32.4 Å². The number of benzene rings is 2. The summed E-state index contributed by atoms with van der Waals surface area (Å²) in [4.78, 5) is 33.9. The Kier molecular flexibility index (Phi) is 7.32. The van der Waals surface area contributed by atoms with Crippen LogP contribution in [0.15, 0.2) is 66.8 Å². The Morgan fingerprint density at radius 2 is 1.97 bits per heavy atom. The molecule has 186 valence electrons. The summed E-state index contributed by atoms with van der Waals surface area (Å²) in [5.74, 6) is -0.210. The van der Waals surface area contributed by atoms with Crippen LogP contribution in [0.4, 0.5) is 11.6 Å². The molecule has 4 rings (SSSR count). The van der Waals surface area contributed by atoms with E-state index in [0.29, 0.717) is 29.1 Å². The summed E-state index contributed by atoms with van der Waals surface area (Å²) in [5.41, 5.74) is 5.78. The summed E-state index contributed by atoms with van der Waals surface area (Å²) in [7, 11) is 0. The Balaban J connectivity index is 1.73. The Labute approximate surface area is 214 Å². The van der Waals surface area contributed by atoms with E-state index >= 15 is 0 Å². The number of rotatable bonds is 8. The highest BCUT2D eigenvalue weighted by Crippen LogP contribution is 2.28. The van der Waals surface area contributed by atoms with Crippen LogP contribution in [0.25, 0.3) is 16.7 Å². The highest BCUT2D eigenvalue weighted by atomic mass is 32.1. The molecule has 3 N–H and O–H groups in total. The van der Waals surface area contributed by atoms with Crippen molar-refractivity contribution < 1.29 is 9.59 Å². The molecule has 0 fully saturated rings. The number of fused-ring (bicyclic) bond motifs is 1. The number of carbonyl (C=O) groups excluding carboxylic acids is 2. The van der Waals surface area contributed by atoms with Gasteiger partial charge < -0.3 is 10.6 Å². The van der Waals surface area contributed by atoms with Gasteiger partial charge in [0.25, 0.3) is 5.91 Å². The molecule has 0 saturated heterocycles. The second kappa shape index (κ2) is 10.4. The Bertz CT molecular complexity index is 1400. The molecule has 1 atom stereocenters. The number of nitrogens with zero attached hydrogens (tertiary/aromatic N) is 3. The van der Waals surface area contributed by atoms with Gasteiger partial charge in [-0.3, -0.25) is 24.5 Å². The maximum atomic E-state index is 12.9. The van der Waals surface area contributed by atoms with Gasteiger partial charge in [0.2, 0.25) is 11.9 Å². The van der Waals surface area contributed by atoms with Crippen molar-refractivity contribution >= 4 is 45.8 Å². The van der Waals surface area contributed by atoms with Crippen LogP contribution in [0.5, 0.6) is 0 Å². The minimum Gasteiger partial charge on any atom is -0.322 e. The molecular weight excluding hydrogens is 472 g/mol. The monoisotopic (exact) mass is 502 g/mol. The number of aromatic nitrogens is 3. The van der Waals surface area contributed by atoms with E-state index < -0.39 is 0 Å². The minimum atomic E-state index is -0.303. The number of thiazole rings is 1. The number of nitrogens with one attached hydrogen (secondary N) is 3. The second-order valence-electron chi connectivity index (χ2n) is 9.63. The van der Waals surface area contributed by atoms with E-state index in [0.717, 1.165) is 22.3 Å². The molecule has 36 heavy (non-hydrogen) atoms. The predicted molar refractivity (Wildman–Crippen MR) is 146 cm³/mol. The first-order chi connectivity index (χ1) is 17.2. The molecule has 2 aromatic carbocycles. The molecule has 0 saturated carbocycles. The third-order valence-electron chi connectivity index (χ3n) is 6.07. The standard InChI is InChI=1S/C27H30N6O2S/c1-6-24(34)30-19-8-7-9-20(13-19)33-22-11-10-18(14-29-17(2)27(3,4)5)12-21(22)31-26(33)32-25(35)23-15-28-16-36-23/h6-13,15-17,29H,1,14H2,2-5H3,(H,30,34)(H,31,32,35)/t17-/m0/s1. The Morgan fingerprint density at radius 3 is 2.67 bits per heavy atom. The zero-order valence-corrected chi connectivity index (χ0v) is 21.6. The van der Waals surface area contributed by atoms with Gasteiger partial charge in [0, 0.05) is 18.3 Å².